The quantitative estimate of drug-likeness (QED) is 0.726. The van der Waals surface area contributed by atoms with Gasteiger partial charge in [0, 0.05) is 11.7 Å². The Labute approximate surface area is 71.6 Å². The molecule has 0 bridgehead atoms. The van der Waals surface area contributed by atoms with Crippen LogP contribution in [0.3, 0.4) is 0 Å². The van der Waals surface area contributed by atoms with Crippen LogP contribution in [0.4, 0.5) is 10.1 Å². The van der Waals surface area contributed by atoms with Crippen molar-refractivity contribution in [1.29, 1.82) is 0 Å². The molecule has 1 aliphatic carbocycles. The number of anilines is 1. The van der Waals surface area contributed by atoms with Crippen molar-refractivity contribution in [3.8, 4) is 0 Å². The molecule has 0 saturated heterocycles. The van der Waals surface area contributed by atoms with E-state index in [1.807, 2.05) is 24.3 Å². The summed E-state index contributed by atoms with van der Waals surface area (Å²) in [6, 6.07) is 8.19. The first-order chi connectivity index (χ1) is 5.88. The van der Waals surface area contributed by atoms with Crippen molar-refractivity contribution in [1.82, 2.24) is 0 Å². The summed E-state index contributed by atoms with van der Waals surface area (Å²) in [5.41, 5.74) is 1.85. The van der Waals surface area contributed by atoms with Crippen molar-refractivity contribution >= 4 is 5.69 Å². The lowest BCUT2D eigenvalue weighted by molar-refractivity contribution is 0.485. The number of halogens is 1. The minimum Gasteiger partial charge on any atom is -0.382 e. The molecular weight excluding hydrogens is 153 g/mol. The zero-order valence-electron chi connectivity index (χ0n) is 6.89. The van der Waals surface area contributed by atoms with Crippen LogP contribution in [0.2, 0.25) is 0 Å². The fourth-order valence-electron chi connectivity index (χ4n) is 1.15. The van der Waals surface area contributed by atoms with Crippen molar-refractivity contribution in [2.45, 2.75) is 25.6 Å². The van der Waals surface area contributed by atoms with Crippen LogP contribution in [0.25, 0.3) is 0 Å². The van der Waals surface area contributed by atoms with Gasteiger partial charge in [0.25, 0.3) is 0 Å². The number of hydrogen-bond acceptors (Lipinski definition) is 1. The molecule has 12 heavy (non-hydrogen) atoms. The molecule has 0 heterocycles. The van der Waals surface area contributed by atoms with E-state index in [-0.39, 0.29) is 6.67 Å². The minimum atomic E-state index is -0.371. The molecule has 1 aliphatic rings. The predicted molar refractivity (Wildman–Crippen MR) is 47.9 cm³/mol. The van der Waals surface area contributed by atoms with Gasteiger partial charge in [0.15, 0.2) is 0 Å². The third-order valence-corrected chi connectivity index (χ3v) is 2.06. The number of benzene rings is 1. The van der Waals surface area contributed by atoms with E-state index in [0.717, 1.165) is 11.3 Å². The van der Waals surface area contributed by atoms with Crippen LogP contribution < -0.4 is 5.32 Å². The van der Waals surface area contributed by atoms with Gasteiger partial charge >= 0.3 is 0 Å². The molecular formula is C10H12FN. The van der Waals surface area contributed by atoms with Crippen LogP contribution in [0.5, 0.6) is 0 Å². The average molecular weight is 165 g/mol. The van der Waals surface area contributed by atoms with Crippen molar-refractivity contribution < 1.29 is 4.39 Å². The molecule has 0 spiro atoms. The Bertz CT molecular complexity index is 251. The summed E-state index contributed by atoms with van der Waals surface area (Å²) < 4.78 is 12.1. The molecule has 0 amide bonds. The lowest BCUT2D eigenvalue weighted by Gasteiger charge is -2.03. The molecule has 1 fully saturated rings. The minimum absolute atomic E-state index is 0.371. The largest absolute Gasteiger partial charge is 0.382 e. The zero-order valence-corrected chi connectivity index (χ0v) is 6.89. The van der Waals surface area contributed by atoms with Gasteiger partial charge in [-0.25, -0.2) is 4.39 Å². The highest BCUT2D eigenvalue weighted by Crippen LogP contribution is 2.24. The van der Waals surface area contributed by atoms with E-state index in [4.69, 9.17) is 0 Å². The normalized spacial score (nSPS) is 16.1. The standard InChI is InChI=1S/C10H12FN/c11-7-8-1-3-9(4-2-8)12-10-5-6-10/h1-4,10,12H,5-7H2. The smallest absolute Gasteiger partial charge is 0.115 e. The molecule has 64 valence electrons. The van der Waals surface area contributed by atoms with Crippen molar-refractivity contribution in [3.63, 3.8) is 0 Å². The summed E-state index contributed by atoms with van der Waals surface area (Å²) in [7, 11) is 0. The number of hydrogen-bond donors (Lipinski definition) is 1. The van der Waals surface area contributed by atoms with Gasteiger partial charge < -0.3 is 5.32 Å². The highest BCUT2D eigenvalue weighted by atomic mass is 19.1. The topological polar surface area (TPSA) is 12.0 Å². The Morgan fingerprint density at radius 1 is 1.25 bits per heavy atom. The number of alkyl halides is 1. The van der Waals surface area contributed by atoms with Gasteiger partial charge in [-0.3, -0.25) is 0 Å². The zero-order chi connectivity index (χ0) is 8.39. The van der Waals surface area contributed by atoms with E-state index in [1.54, 1.807) is 0 Å². The Morgan fingerprint density at radius 2 is 1.92 bits per heavy atom. The Kier molecular flexibility index (Phi) is 1.98. The molecule has 0 radical (unpaired) electrons. The maximum Gasteiger partial charge on any atom is 0.115 e. The Morgan fingerprint density at radius 3 is 2.42 bits per heavy atom. The fraction of sp³-hybridized carbons (Fsp3) is 0.400. The Hall–Kier alpha value is -1.05. The summed E-state index contributed by atoms with van der Waals surface area (Å²) >= 11 is 0. The summed E-state index contributed by atoms with van der Waals surface area (Å²) in [6.45, 7) is -0.371. The monoisotopic (exact) mass is 165 g/mol. The maximum absolute atomic E-state index is 12.1. The molecule has 2 rings (SSSR count). The van der Waals surface area contributed by atoms with Crippen molar-refractivity contribution in [3.05, 3.63) is 29.8 Å². The summed E-state index contributed by atoms with van der Waals surface area (Å²) in [5, 5.41) is 3.34. The number of rotatable bonds is 3. The van der Waals surface area contributed by atoms with Gasteiger partial charge in [-0.15, -0.1) is 0 Å². The molecule has 0 aliphatic heterocycles. The van der Waals surface area contributed by atoms with Crippen LogP contribution in [0.1, 0.15) is 18.4 Å². The number of nitrogens with one attached hydrogen (secondary N) is 1. The van der Waals surface area contributed by atoms with Gasteiger partial charge in [0.1, 0.15) is 6.67 Å². The average Bonchev–Trinajstić information content (AvgIpc) is 2.90. The molecule has 0 aromatic heterocycles. The molecule has 1 aromatic rings. The first kappa shape index (κ1) is 7.59. The third-order valence-electron chi connectivity index (χ3n) is 2.06. The second-order valence-corrected chi connectivity index (χ2v) is 3.25. The summed E-state index contributed by atoms with van der Waals surface area (Å²) in [4.78, 5) is 0. The van der Waals surface area contributed by atoms with Crippen LogP contribution in [-0.2, 0) is 6.67 Å². The SMILES string of the molecule is FCc1ccc(NC2CC2)cc1. The van der Waals surface area contributed by atoms with E-state index in [2.05, 4.69) is 5.32 Å². The van der Waals surface area contributed by atoms with Gasteiger partial charge in [-0.2, -0.15) is 0 Å². The second kappa shape index (κ2) is 3.13. The first-order valence-electron chi connectivity index (χ1n) is 4.30. The Balaban J connectivity index is 2.02. The molecule has 1 aromatic carbocycles. The van der Waals surface area contributed by atoms with Crippen LogP contribution in [0, 0.1) is 0 Å². The summed E-state index contributed by atoms with van der Waals surface area (Å²) in [5.74, 6) is 0. The lowest BCUT2D eigenvalue weighted by atomic mass is 10.2. The molecule has 0 unspecified atom stereocenters. The fourth-order valence-corrected chi connectivity index (χ4v) is 1.15. The van der Waals surface area contributed by atoms with Gasteiger partial charge in [-0.1, -0.05) is 12.1 Å². The molecule has 2 heteroatoms. The van der Waals surface area contributed by atoms with Crippen LogP contribution in [-0.4, -0.2) is 6.04 Å². The van der Waals surface area contributed by atoms with Gasteiger partial charge in [-0.05, 0) is 30.5 Å². The van der Waals surface area contributed by atoms with E-state index < -0.39 is 0 Å². The van der Waals surface area contributed by atoms with Crippen LogP contribution >= 0.6 is 0 Å². The molecule has 1 saturated carbocycles. The molecule has 1 nitrogen and oxygen atoms in total. The predicted octanol–water partition coefficient (Wildman–Crippen LogP) is 2.73. The van der Waals surface area contributed by atoms with E-state index in [1.165, 1.54) is 12.8 Å². The highest BCUT2D eigenvalue weighted by Gasteiger charge is 2.20. The molecule has 0 atom stereocenters. The van der Waals surface area contributed by atoms with Gasteiger partial charge in [0.05, 0.1) is 0 Å². The maximum atomic E-state index is 12.1. The van der Waals surface area contributed by atoms with E-state index in [0.29, 0.717) is 6.04 Å². The van der Waals surface area contributed by atoms with E-state index >= 15 is 0 Å². The van der Waals surface area contributed by atoms with Crippen molar-refractivity contribution in [2.24, 2.45) is 0 Å². The second-order valence-electron chi connectivity index (χ2n) is 3.25. The lowest BCUT2D eigenvalue weighted by Crippen LogP contribution is -2.00. The molecule has 1 N–H and O–H groups in total. The third kappa shape index (κ3) is 1.76. The van der Waals surface area contributed by atoms with Crippen molar-refractivity contribution in [2.75, 3.05) is 5.32 Å². The first-order valence-corrected chi connectivity index (χ1v) is 4.30. The highest BCUT2D eigenvalue weighted by molar-refractivity contribution is 5.46. The van der Waals surface area contributed by atoms with Gasteiger partial charge in [0.2, 0.25) is 0 Å². The summed E-state index contributed by atoms with van der Waals surface area (Å²) in [6.07, 6.45) is 2.54. The van der Waals surface area contributed by atoms with E-state index in [9.17, 15) is 4.39 Å². The van der Waals surface area contributed by atoms with Crippen LogP contribution in [0.15, 0.2) is 24.3 Å².